The fraction of sp³-hybridized carbons (Fsp3) is 0.600. The van der Waals surface area contributed by atoms with Gasteiger partial charge in [0.25, 0.3) is 0 Å². The van der Waals surface area contributed by atoms with Crippen LogP contribution in [0, 0.1) is 0 Å². The topological polar surface area (TPSA) is 95.7 Å². The van der Waals surface area contributed by atoms with Crippen LogP contribution in [0.5, 0.6) is 0 Å². The van der Waals surface area contributed by atoms with Crippen LogP contribution in [0.15, 0.2) is 9.68 Å². The number of hydrogen-bond donors (Lipinski definition) is 1. The molecule has 0 saturated heterocycles. The minimum atomic E-state index is 0.382. The van der Waals surface area contributed by atoms with E-state index in [0.717, 1.165) is 23.8 Å². The fourth-order valence-corrected chi connectivity index (χ4v) is 2.21. The molecule has 0 unspecified atom stereocenters. The largest absolute Gasteiger partial charge is 0.339 e. The number of aromatic nitrogens is 5. The fourth-order valence-electron chi connectivity index (χ4n) is 1.44. The van der Waals surface area contributed by atoms with Crippen molar-refractivity contribution in [1.82, 2.24) is 24.9 Å². The molecule has 0 spiro atoms. The summed E-state index contributed by atoms with van der Waals surface area (Å²) >= 11 is 1.52. The lowest BCUT2D eigenvalue weighted by Gasteiger charge is -1.99. The number of rotatable bonds is 6. The van der Waals surface area contributed by atoms with Crippen LogP contribution in [-0.4, -0.2) is 24.9 Å². The van der Waals surface area contributed by atoms with Crippen LogP contribution < -0.4 is 5.73 Å². The number of aryl methyl sites for hydroxylation is 1. The summed E-state index contributed by atoms with van der Waals surface area (Å²) in [5.41, 5.74) is 5.54. The maximum Gasteiger partial charge on any atom is 0.226 e. The number of nitrogens with zero attached hydrogens (tertiary/aromatic N) is 5. The molecule has 0 bridgehead atoms. The van der Waals surface area contributed by atoms with Gasteiger partial charge in [-0.15, -0.1) is 10.2 Å². The Morgan fingerprint density at radius 2 is 2.22 bits per heavy atom. The van der Waals surface area contributed by atoms with Crippen LogP contribution in [0.2, 0.25) is 0 Å². The monoisotopic (exact) mass is 268 g/mol. The Morgan fingerprint density at radius 1 is 1.39 bits per heavy atom. The zero-order valence-electron chi connectivity index (χ0n) is 10.5. The lowest BCUT2D eigenvalue weighted by atomic mass is 10.3. The van der Waals surface area contributed by atoms with Crippen LogP contribution in [0.1, 0.15) is 30.9 Å². The molecule has 2 aromatic heterocycles. The molecule has 8 heteroatoms. The van der Waals surface area contributed by atoms with E-state index in [0.29, 0.717) is 24.0 Å². The van der Waals surface area contributed by atoms with E-state index in [-0.39, 0.29) is 0 Å². The van der Waals surface area contributed by atoms with Gasteiger partial charge in [-0.05, 0) is 6.42 Å². The van der Waals surface area contributed by atoms with E-state index < -0.39 is 0 Å². The van der Waals surface area contributed by atoms with Crippen molar-refractivity contribution in [3.8, 4) is 0 Å². The molecule has 7 nitrogen and oxygen atoms in total. The SMILES string of the molecule is CCCc1nc(CSc2nnc(CN)n2C)no1. The summed E-state index contributed by atoms with van der Waals surface area (Å²) in [7, 11) is 1.89. The highest BCUT2D eigenvalue weighted by Crippen LogP contribution is 2.19. The molecule has 0 radical (unpaired) electrons. The van der Waals surface area contributed by atoms with E-state index in [4.69, 9.17) is 10.3 Å². The summed E-state index contributed by atoms with van der Waals surface area (Å²) in [5.74, 6) is 2.75. The van der Waals surface area contributed by atoms with Gasteiger partial charge in [0.15, 0.2) is 11.0 Å². The third-order valence-corrected chi connectivity index (χ3v) is 3.43. The van der Waals surface area contributed by atoms with Crippen molar-refractivity contribution in [3.63, 3.8) is 0 Å². The molecule has 0 aliphatic carbocycles. The van der Waals surface area contributed by atoms with E-state index in [1.54, 1.807) is 0 Å². The van der Waals surface area contributed by atoms with Crippen molar-refractivity contribution in [2.24, 2.45) is 12.8 Å². The van der Waals surface area contributed by atoms with Gasteiger partial charge >= 0.3 is 0 Å². The Kier molecular flexibility index (Phi) is 4.32. The molecule has 0 aliphatic rings. The molecule has 0 aromatic carbocycles. The summed E-state index contributed by atoms with van der Waals surface area (Å²) in [6, 6.07) is 0. The molecule has 0 amide bonds. The Balaban J connectivity index is 1.95. The van der Waals surface area contributed by atoms with Gasteiger partial charge in [-0.2, -0.15) is 4.98 Å². The minimum Gasteiger partial charge on any atom is -0.339 e. The van der Waals surface area contributed by atoms with Crippen LogP contribution in [0.3, 0.4) is 0 Å². The highest BCUT2D eigenvalue weighted by Gasteiger charge is 2.10. The summed E-state index contributed by atoms with van der Waals surface area (Å²) in [6.45, 7) is 2.46. The second-order valence-electron chi connectivity index (χ2n) is 3.80. The standard InChI is InChI=1S/C10H16N6OS/c1-3-4-9-12-7(15-17-9)6-18-10-14-13-8(5-11)16(10)2/h3-6,11H2,1-2H3. The predicted molar refractivity (Wildman–Crippen MR) is 66.7 cm³/mol. The van der Waals surface area contributed by atoms with Gasteiger partial charge in [0.1, 0.15) is 5.82 Å². The van der Waals surface area contributed by atoms with Gasteiger partial charge < -0.3 is 14.8 Å². The lowest BCUT2D eigenvalue weighted by Crippen LogP contribution is -2.05. The maximum absolute atomic E-state index is 5.54. The first-order chi connectivity index (χ1) is 8.74. The molecule has 0 aliphatic heterocycles. The first-order valence-corrected chi connectivity index (χ1v) is 6.75. The van der Waals surface area contributed by atoms with Gasteiger partial charge in [-0.3, -0.25) is 0 Å². The molecule has 0 atom stereocenters. The van der Waals surface area contributed by atoms with Crippen LogP contribution in [-0.2, 0) is 25.8 Å². The molecule has 0 saturated carbocycles. The number of nitrogens with two attached hydrogens (primary N) is 1. The third-order valence-electron chi connectivity index (χ3n) is 2.41. The molecular formula is C10H16N6OS. The van der Waals surface area contributed by atoms with Crippen LogP contribution >= 0.6 is 11.8 Å². The second kappa shape index (κ2) is 5.96. The summed E-state index contributed by atoms with van der Waals surface area (Å²) in [6.07, 6.45) is 1.82. The molecule has 2 aromatic rings. The van der Waals surface area contributed by atoms with Crippen molar-refractivity contribution < 1.29 is 4.52 Å². The second-order valence-corrected chi connectivity index (χ2v) is 4.75. The number of hydrogen-bond acceptors (Lipinski definition) is 7. The van der Waals surface area contributed by atoms with Gasteiger partial charge in [0.2, 0.25) is 5.89 Å². The first-order valence-electron chi connectivity index (χ1n) is 5.77. The van der Waals surface area contributed by atoms with Crippen molar-refractivity contribution in [2.75, 3.05) is 0 Å². The number of thioether (sulfide) groups is 1. The third kappa shape index (κ3) is 2.88. The maximum atomic E-state index is 5.54. The van der Waals surface area contributed by atoms with Crippen LogP contribution in [0.25, 0.3) is 0 Å². The molecule has 2 N–H and O–H groups in total. The molecule has 2 heterocycles. The average molecular weight is 268 g/mol. The quantitative estimate of drug-likeness (QED) is 0.777. The Bertz CT molecular complexity index is 508. The first kappa shape index (κ1) is 13.0. The Hall–Kier alpha value is -1.41. The lowest BCUT2D eigenvalue weighted by molar-refractivity contribution is 0.373. The summed E-state index contributed by atoms with van der Waals surface area (Å²) in [4.78, 5) is 4.29. The molecule has 18 heavy (non-hydrogen) atoms. The summed E-state index contributed by atoms with van der Waals surface area (Å²) in [5, 5.41) is 12.8. The van der Waals surface area contributed by atoms with Gasteiger partial charge in [-0.1, -0.05) is 23.8 Å². The van der Waals surface area contributed by atoms with Crippen molar-refractivity contribution in [3.05, 3.63) is 17.5 Å². The van der Waals surface area contributed by atoms with Crippen molar-refractivity contribution in [2.45, 2.75) is 37.2 Å². The molecule has 0 fully saturated rings. The smallest absolute Gasteiger partial charge is 0.226 e. The highest BCUT2D eigenvalue weighted by molar-refractivity contribution is 7.98. The molecular weight excluding hydrogens is 252 g/mol. The minimum absolute atomic E-state index is 0.382. The van der Waals surface area contributed by atoms with E-state index in [2.05, 4.69) is 27.3 Å². The molecule has 2 rings (SSSR count). The molecule has 98 valence electrons. The average Bonchev–Trinajstić information content (AvgIpc) is 2.94. The van der Waals surface area contributed by atoms with Gasteiger partial charge in [0, 0.05) is 13.5 Å². The normalized spacial score (nSPS) is 11.1. The predicted octanol–water partition coefficient (Wildman–Crippen LogP) is 0.902. The van der Waals surface area contributed by atoms with Gasteiger partial charge in [0.05, 0.1) is 12.3 Å². The van der Waals surface area contributed by atoms with E-state index in [1.165, 1.54) is 11.8 Å². The van der Waals surface area contributed by atoms with Crippen molar-refractivity contribution >= 4 is 11.8 Å². The Labute approximate surface area is 109 Å². The highest BCUT2D eigenvalue weighted by atomic mass is 32.2. The zero-order valence-corrected chi connectivity index (χ0v) is 11.3. The van der Waals surface area contributed by atoms with E-state index in [1.807, 2.05) is 11.6 Å². The van der Waals surface area contributed by atoms with E-state index >= 15 is 0 Å². The Morgan fingerprint density at radius 3 is 2.89 bits per heavy atom. The summed E-state index contributed by atoms with van der Waals surface area (Å²) < 4.78 is 6.99. The zero-order chi connectivity index (χ0) is 13.0. The van der Waals surface area contributed by atoms with Crippen molar-refractivity contribution in [1.29, 1.82) is 0 Å². The van der Waals surface area contributed by atoms with Crippen LogP contribution in [0.4, 0.5) is 0 Å². The van der Waals surface area contributed by atoms with Gasteiger partial charge in [-0.25, -0.2) is 0 Å². The van der Waals surface area contributed by atoms with E-state index in [9.17, 15) is 0 Å².